The Bertz CT molecular complexity index is 92.0. The Kier molecular flexibility index (Phi) is 3.25. The van der Waals surface area contributed by atoms with E-state index in [-0.39, 0.29) is 27.1 Å². The van der Waals surface area contributed by atoms with Crippen LogP contribution in [0.15, 0.2) is 0 Å². The molecule has 1 heterocycles. The molecule has 44 valence electrons. The number of carbonyl (C=O) groups is 1. The summed E-state index contributed by atoms with van der Waals surface area (Å²) in [7, 11) is 0. The van der Waals surface area contributed by atoms with Crippen molar-refractivity contribution in [3.8, 4) is 0 Å². The van der Waals surface area contributed by atoms with Gasteiger partial charge in [-0.15, -0.1) is 6.54 Å². The van der Waals surface area contributed by atoms with Crippen LogP contribution in [0.1, 0.15) is 6.42 Å². The normalized spacial score (nSPS) is 25.2. The first-order chi connectivity index (χ1) is 3.30. The van der Waals surface area contributed by atoms with Gasteiger partial charge in [-0.1, -0.05) is 6.42 Å². The SMILES string of the molecule is O=C(O)C1CC[N-]1.[W+2]. The van der Waals surface area contributed by atoms with Crippen molar-refractivity contribution in [2.24, 2.45) is 0 Å². The minimum atomic E-state index is -0.786. The number of carboxylic acid groups (broad SMARTS) is 1. The van der Waals surface area contributed by atoms with Crippen molar-refractivity contribution in [3.63, 3.8) is 0 Å². The smallest absolute Gasteiger partial charge is 0.650 e. The largest absolute Gasteiger partial charge is 2.00 e. The zero-order valence-electron chi connectivity index (χ0n) is 4.20. The Labute approximate surface area is 61.7 Å². The van der Waals surface area contributed by atoms with E-state index in [4.69, 9.17) is 5.11 Å². The number of rotatable bonds is 1. The van der Waals surface area contributed by atoms with Crippen molar-refractivity contribution >= 4 is 5.97 Å². The second-order valence-electron chi connectivity index (χ2n) is 1.55. The van der Waals surface area contributed by atoms with Gasteiger partial charge in [-0.2, -0.15) is 0 Å². The Morgan fingerprint density at radius 3 is 2.25 bits per heavy atom. The fraction of sp³-hybridized carbons (Fsp3) is 0.750. The first kappa shape index (κ1) is 8.12. The van der Waals surface area contributed by atoms with Gasteiger partial charge in [-0.05, 0) is 6.04 Å². The third kappa shape index (κ3) is 1.57. The minimum absolute atomic E-state index is 0. The number of aliphatic carboxylic acids is 1. The number of nitrogens with zero attached hydrogens (tertiary/aromatic N) is 1. The predicted octanol–water partition coefficient (Wildman–Crippen LogP) is 0.215. The predicted molar refractivity (Wildman–Crippen MR) is 24.3 cm³/mol. The average Bonchev–Trinajstić information content (AvgIpc) is 1.23. The Hall–Kier alpha value is 0.118. The number of hydrogen-bond acceptors (Lipinski definition) is 1. The molecule has 0 radical (unpaired) electrons. The number of hydrogen-bond donors (Lipinski definition) is 1. The van der Waals surface area contributed by atoms with Crippen molar-refractivity contribution in [2.75, 3.05) is 6.54 Å². The quantitative estimate of drug-likeness (QED) is 0.748. The summed E-state index contributed by atoms with van der Waals surface area (Å²) in [6, 6.07) is -0.375. The molecule has 1 fully saturated rings. The summed E-state index contributed by atoms with van der Waals surface area (Å²) in [5.74, 6) is -0.786. The molecule has 3 nitrogen and oxygen atoms in total. The topological polar surface area (TPSA) is 51.4 Å². The van der Waals surface area contributed by atoms with Crippen LogP contribution in [0.2, 0.25) is 0 Å². The molecule has 0 aromatic rings. The molecule has 8 heavy (non-hydrogen) atoms. The van der Waals surface area contributed by atoms with Gasteiger partial charge in [-0.3, -0.25) is 4.79 Å². The maximum Gasteiger partial charge on any atom is 2.00 e. The summed E-state index contributed by atoms with van der Waals surface area (Å²) in [4.78, 5) is 9.89. The van der Waals surface area contributed by atoms with Crippen LogP contribution in [0.3, 0.4) is 0 Å². The van der Waals surface area contributed by atoms with Crippen LogP contribution < -0.4 is 0 Å². The molecule has 1 atom stereocenters. The molecular formula is C4H6NO2W+. The van der Waals surface area contributed by atoms with Gasteiger partial charge in [0.05, 0.1) is 0 Å². The minimum Gasteiger partial charge on any atom is -0.650 e. The van der Waals surface area contributed by atoms with Crippen molar-refractivity contribution in [2.45, 2.75) is 12.5 Å². The Morgan fingerprint density at radius 1 is 1.75 bits per heavy atom. The average molecular weight is 284 g/mol. The standard InChI is InChI=1S/C4H6NO2.W/c6-4(7)3-1-2-5-3;/h3H,1-2H2,(H,6,7);/q-1;+2. The molecule has 0 saturated carbocycles. The number of carboxylic acids is 1. The van der Waals surface area contributed by atoms with Crippen LogP contribution >= 0.6 is 0 Å². The summed E-state index contributed by atoms with van der Waals surface area (Å²) < 4.78 is 0. The van der Waals surface area contributed by atoms with Crippen LogP contribution in [0, 0.1) is 0 Å². The Morgan fingerprint density at radius 2 is 2.25 bits per heavy atom. The zero-order chi connectivity index (χ0) is 5.28. The van der Waals surface area contributed by atoms with Gasteiger partial charge in [0.15, 0.2) is 0 Å². The van der Waals surface area contributed by atoms with E-state index >= 15 is 0 Å². The maximum atomic E-state index is 9.89. The van der Waals surface area contributed by atoms with E-state index in [1.54, 1.807) is 0 Å². The third-order valence-electron chi connectivity index (χ3n) is 1.04. The van der Waals surface area contributed by atoms with Gasteiger partial charge in [0.1, 0.15) is 0 Å². The first-order valence-corrected chi connectivity index (χ1v) is 2.20. The second kappa shape index (κ2) is 3.20. The fourth-order valence-corrected chi connectivity index (χ4v) is 0.460. The molecule has 1 aliphatic heterocycles. The second-order valence-corrected chi connectivity index (χ2v) is 1.55. The summed E-state index contributed by atoms with van der Waals surface area (Å²) in [6.07, 6.45) is 0.731. The Balaban J connectivity index is 0.000000490. The summed E-state index contributed by atoms with van der Waals surface area (Å²) in [5, 5.41) is 11.8. The molecule has 0 amide bonds. The molecule has 1 N–H and O–H groups in total. The maximum absolute atomic E-state index is 9.89. The molecule has 1 saturated heterocycles. The van der Waals surface area contributed by atoms with Crippen molar-refractivity contribution in [3.05, 3.63) is 5.32 Å². The zero-order valence-corrected chi connectivity index (χ0v) is 7.14. The van der Waals surface area contributed by atoms with Gasteiger partial charge in [0.2, 0.25) is 0 Å². The van der Waals surface area contributed by atoms with E-state index in [0.29, 0.717) is 0 Å². The van der Waals surface area contributed by atoms with Gasteiger partial charge in [-0.25, -0.2) is 0 Å². The van der Waals surface area contributed by atoms with Crippen molar-refractivity contribution < 1.29 is 31.0 Å². The molecule has 1 unspecified atom stereocenters. The van der Waals surface area contributed by atoms with E-state index in [9.17, 15) is 4.79 Å². The van der Waals surface area contributed by atoms with E-state index < -0.39 is 5.97 Å². The van der Waals surface area contributed by atoms with Crippen molar-refractivity contribution in [1.82, 2.24) is 0 Å². The van der Waals surface area contributed by atoms with Gasteiger partial charge in [0, 0.05) is 0 Å². The van der Waals surface area contributed by atoms with Crippen LogP contribution in [-0.4, -0.2) is 23.7 Å². The monoisotopic (exact) mass is 284 g/mol. The van der Waals surface area contributed by atoms with E-state index in [1.807, 2.05) is 0 Å². The van der Waals surface area contributed by atoms with Crippen LogP contribution in [-0.2, 0) is 25.9 Å². The first-order valence-electron chi connectivity index (χ1n) is 2.20. The van der Waals surface area contributed by atoms with Crippen LogP contribution in [0.5, 0.6) is 0 Å². The fourth-order valence-electron chi connectivity index (χ4n) is 0.460. The third-order valence-corrected chi connectivity index (χ3v) is 1.04. The molecule has 0 aromatic heterocycles. The van der Waals surface area contributed by atoms with E-state index in [1.165, 1.54) is 0 Å². The molecule has 0 aromatic carbocycles. The molecule has 1 aliphatic rings. The van der Waals surface area contributed by atoms with E-state index in [2.05, 4.69) is 5.32 Å². The molecule has 0 bridgehead atoms. The van der Waals surface area contributed by atoms with Gasteiger partial charge < -0.3 is 10.4 Å². The molecule has 0 spiro atoms. The molecule has 1 rings (SSSR count). The van der Waals surface area contributed by atoms with E-state index in [0.717, 1.165) is 13.0 Å². The molecular weight excluding hydrogens is 278 g/mol. The summed E-state index contributed by atoms with van der Waals surface area (Å²) >= 11 is 0. The van der Waals surface area contributed by atoms with Crippen LogP contribution in [0.4, 0.5) is 0 Å². The molecule has 4 heteroatoms. The summed E-state index contributed by atoms with van der Waals surface area (Å²) in [5.41, 5.74) is 0. The van der Waals surface area contributed by atoms with Crippen LogP contribution in [0.25, 0.3) is 5.32 Å². The van der Waals surface area contributed by atoms with Gasteiger partial charge >= 0.3 is 21.1 Å². The molecule has 0 aliphatic carbocycles. The van der Waals surface area contributed by atoms with Gasteiger partial charge in [0.25, 0.3) is 5.97 Å². The van der Waals surface area contributed by atoms with Crippen molar-refractivity contribution in [1.29, 1.82) is 0 Å². The summed E-state index contributed by atoms with van der Waals surface area (Å²) in [6.45, 7) is 0.733.